The number of hydrogen-bond acceptors (Lipinski definition) is 4. The topological polar surface area (TPSA) is 64.6 Å². The number of amides is 1. The van der Waals surface area contributed by atoms with E-state index in [9.17, 15) is 9.59 Å². The summed E-state index contributed by atoms with van der Waals surface area (Å²) in [6.07, 6.45) is 0.134. The molecule has 1 aliphatic rings. The first-order chi connectivity index (χ1) is 7.78. The number of nitrogens with one attached hydrogen (secondary N) is 1. The highest BCUT2D eigenvalue weighted by Crippen LogP contribution is 2.19. The van der Waals surface area contributed by atoms with Crippen LogP contribution in [0.3, 0.4) is 0 Å². The molecule has 1 heterocycles. The molecule has 0 aromatic heterocycles. The molecule has 1 rings (SSSR count). The van der Waals surface area contributed by atoms with Gasteiger partial charge in [-0.15, -0.1) is 0 Å². The number of carbonyl (C=O) groups is 2. The molecule has 5 nitrogen and oxygen atoms in total. The standard InChI is InChI=1S/C12H21NO4/c1-8(14)9-5-10(16-7-9)6-13-11(15)17-12(2,3)4/h9-10H,5-7H2,1-4H3,(H,13,15). The number of rotatable bonds is 3. The van der Waals surface area contributed by atoms with E-state index in [1.54, 1.807) is 6.92 Å². The van der Waals surface area contributed by atoms with Gasteiger partial charge in [-0.3, -0.25) is 4.79 Å². The van der Waals surface area contributed by atoms with E-state index in [0.717, 1.165) is 0 Å². The SMILES string of the molecule is CC(=O)C1COC(CNC(=O)OC(C)(C)C)C1. The predicted octanol–water partition coefficient (Wildman–Crippen LogP) is 1.51. The molecule has 0 aliphatic carbocycles. The molecule has 0 saturated carbocycles. The molecule has 0 aromatic rings. The first-order valence-electron chi connectivity index (χ1n) is 5.87. The Balaban J connectivity index is 2.24. The van der Waals surface area contributed by atoms with Gasteiger partial charge < -0.3 is 14.8 Å². The zero-order chi connectivity index (χ0) is 13.1. The molecular weight excluding hydrogens is 222 g/mol. The van der Waals surface area contributed by atoms with Crippen LogP contribution in [0.4, 0.5) is 4.79 Å². The van der Waals surface area contributed by atoms with E-state index in [2.05, 4.69) is 5.32 Å². The molecule has 0 spiro atoms. The maximum Gasteiger partial charge on any atom is 0.407 e. The van der Waals surface area contributed by atoms with Gasteiger partial charge in [-0.2, -0.15) is 0 Å². The van der Waals surface area contributed by atoms with Crippen molar-refractivity contribution in [2.45, 2.75) is 45.8 Å². The molecule has 98 valence electrons. The Morgan fingerprint density at radius 1 is 1.41 bits per heavy atom. The Kier molecular flexibility index (Phi) is 4.51. The molecule has 1 saturated heterocycles. The lowest BCUT2D eigenvalue weighted by molar-refractivity contribution is -0.120. The average Bonchev–Trinajstić information content (AvgIpc) is 2.60. The number of ether oxygens (including phenoxy) is 2. The maximum absolute atomic E-state index is 11.4. The smallest absolute Gasteiger partial charge is 0.407 e. The molecule has 0 aromatic carbocycles. The van der Waals surface area contributed by atoms with Gasteiger partial charge in [-0.25, -0.2) is 4.79 Å². The number of carbonyl (C=O) groups excluding carboxylic acids is 2. The second kappa shape index (κ2) is 5.49. The minimum absolute atomic E-state index is 0.0274. The van der Waals surface area contributed by atoms with Crippen molar-refractivity contribution >= 4 is 11.9 Å². The van der Waals surface area contributed by atoms with Crippen LogP contribution >= 0.6 is 0 Å². The van der Waals surface area contributed by atoms with Crippen molar-refractivity contribution in [3.05, 3.63) is 0 Å². The zero-order valence-corrected chi connectivity index (χ0v) is 10.9. The summed E-state index contributed by atoms with van der Waals surface area (Å²) in [4.78, 5) is 22.5. The highest BCUT2D eigenvalue weighted by Gasteiger charge is 2.29. The van der Waals surface area contributed by atoms with E-state index >= 15 is 0 Å². The van der Waals surface area contributed by atoms with Crippen LogP contribution in [0, 0.1) is 5.92 Å². The highest BCUT2D eigenvalue weighted by atomic mass is 16.6. The summed E-state index contributed by atoms with van der Waals surface area (Å²) in [6, 6.07) is 0. The van der Waals surface area contributed by atoms with Gasteiger partial charge in [-0.1, -0.05) is 0 Å². The van der Waals surface area contributed by atoms with Gasteiger partial charge in [0, 0.05) is 12.5 Å². The van der Waals surface area contributed by atoms with E-state index in [-0.39, 0.29) is 17.8 Å². The first-order valence-corrected chi connectivity index (χ1v) is 5.87. The van der Waals surface area contributed by atoms with Crippen LogP contribution in [-0.2, 0) is 14.3 Å². The normalized spacial score (nSPS) is 24.5. The van der Waals surface area contributed by atoms with Crippen molar-refractivity contribution in [2.75, 3.05) is 13.2 Å². The Hall–Kier alpha value is -1.10. The second-order valence-corrected chi connectivity index (χ2v) is 5.38. The zero-order valence-electron chi connectivity index (χ0n) is 10.9. The van der Waals surface area contributed by atoms with E-state index < -0.39 is 11.7 Å². The number of Topliss-reactive ketones (excluding diaryl/α,β-unsaturated/α-hetero) is 1. The predicted molar refractivity (Wildman–Crippen MR) is 62.8 cm³/mol. The van der Waals surface area contributed by atoms with Crippen LogP contribution in [-0.4, -0.2) is 36.7 Å². The van der Waals surface area contributed by atoms with Crippen LogP contribution in [0.25, 0.3) is 0 Å². The summed E-state index contributed by atoms with van der Waals surface area (Å²) in [5.41, 5.74) is -0.497. The molecule has 1 aliphatic heterocycles. The minimum Gasteiger partial charge on any atom is -0.444 e. The summed E-state index contributed by atoms with van der Waals surface area (Å²) in [5.74, 6) is 0.116. The van der Waals surface area contributed by atoms with Crippen molar-refractivity contribution < 1.29 is 19.1 Å². The Morgan fingerprint density at radius 2 is 2.06 bits per heavy atom. The van der Waals surface area contributed by atoms with Crippen molar-refractivity contribution in [1.82, 2.24) is 5.32 Å². The number of hydrogen-bond donors (Lipinski definition) is 1. The van der Waals surface area contributed by atoms with Crippen LogP contribution in [0.1, 0.15) is 34.1 Å². The lowest BCUT2D eigenvalue weighted by Gasteiger charge is -2.20. The molecule has 5 heteroatoms. The van der Waals surface area contributed by atoms with Gasteiger partial charge in [0.25, 0.3) is 0 Å². The fraction of sp³-hybridized carbons (Fsp3) is 0.833. The summed E-state index contributed by atoms with van der Waals surface area (Å²) in [6.45, 7) is 7.84. The lowest BCUT2D eigenvalue weighted by Crippen LogP contribution is -2.36. The maximum atomic E-state index is 11.4. The lowest BCUT2D eigenvalue weighted by atomic mass is 10.0. The van der Waals surface area contributed by atoms with Crippen molar-refractivity contribution in [2.24, 2.45) is 5.92 Å². The third-order valence-electron chi connectivity index (χ3n) is 2.53. The molecule has 0 radical (unpaired) electrons. The third kappa shape index (κ3) is 5.17. The molecule has 0 bridgehead atoms. The van der Waals surface area contributed by atoms with E-state index in [1.165, 1.54) is 0 Å². The molecule has 1 fully saturated rings. The van der Waals surface area contributed by atoms with Crippen LogP contribution in [0.5, 0.6) is 0 Å². The molecular formula is C12H21NO4. The molecule has 1 N–H and O–H groups in total. The van der Waals surface area contributed by atoms with Crippen LogP contribution in [0.2, 0.25) is 0 Å². The summed E-state index contributed by atoms with van der Waals surface area (Å²) in [7, 11) is 0. The Morgan fingerprint density at radius 3 is 2.53 bits per heavy atom. The van der Waals surface area contributed by atoms with Crippen molar-refractivity contribution in [1.29, 1.82) is 0 Å². The number of ketones is 1. The van der Waals surface area contributed by atoms with Crippen LogP contribution in [0.15, 0.2) is 0 Å². The van der Waals surface area contributed by atoms with E-state index in [1.807, 2.05) is 20.8 Å². The fourth-order valence-electron chi connectivity index (χ4n) is 1.64. The molecule has 2 atom stereocenters. The number of alkyl carbamates (subject to hydrolysis) is 1. The summed E-state index contributed by atoms with van der Waals surface area (Å²) >= 11 is 0. The highest BCUT2D eigenvalue weighted by molar-refractivity contribution is 5.78. The van der Waals surface area contributed by atoms with Gasteiger partial charge >= 0.3 is 6.09 Å². The molecule has 2 unspecified atom stereocenters. The summed E-state index contributed by atoms with van der Waals surface area (Å²) < 4.78 is 10.5. The third-order valence-corrected chi connectivity index (χ3v) is 2.53. The fourth-order valence-corrected chi connectivity index (χ4v) is 1.64. The largest absolute Gasteiger partial charge is 0.444 e. The van der Waals surface area contributed by atoms with Crippen molar-refractivity contribution in [3.8, 4) is 0 Å². The van der Waals surface area contributed by atoms with Gasteiger partial charge in [0.2, 0.25) is 0 Å². The van der Waals surface area contributed by atoms with Gasteiger partial charge in [0.15, 0.2) is 0 Å². The quantitative estimate of drug-likeness (QED) is 0.816. The van der Waals surface area contributed by atoms with Gasteiger partial charge in [-0.05, 0) is 34.1 Å². The second-order valence-electron chi connectivity index (χ2n) is 5.38. The Labute approximate surface area is 102 Å². The molecule has 17 heavy (non-hydrogen) atoms. The van der Waals surface area contributed by atoms with Gasteiger partial charge in [0.1, 0.15) is 11.4 Å². The summed E-state index contributed by atoms with van der Waals surface area (Å²) in [5, 5.41) is 2.64. The van der Waals surface area contributed by atoms with Crippen LogP contribution < -0.4 is 5.32 Å². The van der Waals surface area contributed by atoms with Crippen molar-refractivity contribution in [3.63, 3.8) is 0 Å². The van der Waals surface area contributed by atoms with E-state index in [0.29, 0.717) is 19.6 Å². The average molecular weight is 243 g/mol. The molecule has 1 amide bonds. The first kappa shape index (κ1) is 14.0. The van der Waals surface area contributed by atoms with Gasteiger partial charge in [0.05, 0.1) is 12.7 Å². The van der Waals surface area contributed by atoms with E-state index in [4.69, 9.17) is 9.47 Å². The monoisotopic (exact) mass is 243 g/mol. The Bertz CT molecular complexity index is 295. The minimum atomic E-state index is -0.497.